The Morgan fingerprint density at radius 2 is 1.92 bits per heavy atom. The number of nitrogens with zero attached hydrogens (tertiary/aromatic N) is 1. The van der Waals surface area contributed by atoms with Crippen LogP contribution in [0.2, 0.25) is 0 Å². The smallest absolute Gasteiger partial charge is 0.253 e. The molecular weight excluding hydrogens is 314 g/mol. The van der Waals surface area contributed by atoms with Crippen LogP contribution in [0.3, 0.4) is 0 Å². The first-order valence-corrected chi connectivity index (χ1v) is 8.41. The lowest BCUT2D eigenvalue weighted by Gasteiger charge is -2.14. The van der Waals surface area contributed by atoms with E-state index >= 15 is 0 Å². The maximum Gasteiger partial charge on any atom is 0.253 e. The van der Waals surface area contributed by atoms with E-state index in [9.17, 15) is 9.59 Å². The summed E-state index contributed by atoms with van der Waals surface area (Å²) in [6, 6.07) is 13.1. The summed E-state index contributed by atoms with van der Waals surface area (Å²) in [5.74, 6) is -0.536. The van der Waals surface area contributed by atoms with Gasteiger partial charge in [-0.3, -0.25) is 9.59 Å². The molecular formula is C20H19N3O2. The minimum absolute atomic E-state index is 0.0817. The summed E-state index contributed by atoms with van der Waals surface area (Å²) < 4.78 is 2.19. The van der Waals surface area contributed by atoms with Crippen LogP contribution in [0.1, 0.15) is 38.3 Å². The topological polar surface area (TPSA) is 77.1 Å². The average molecular weight is 333 g/mol. The molecule has 0 aliphatic carbocycles. The third-order valence-corrected chi connectivity index (χ3v) is 4.76. The highest BCUT2D eigenvalue weighted by Crippen LogP contribution is 2.29. The van der Waals surface area contributed by atoms with E-state index in [1.54, 1.807) is 24.3 Å². The molecule has 0 fully saturated rings. The fourth-order valence-corrected chi connectivity index (χ4v) is 3.50. The zero-order chi connectivity index (χ0) is 17.4. The van der Waals surface area contributed by atoms with Gasteiger partial charge >= 0.3 is 0 Å². The summed E-state index contributed by atoms with van der Waals surface area (Å²) in [5, 5.41) is 3.98. The number of rotatable bonds is 4. The highest BCUT2D eigenvalue weighted by Gasteiger charge is 2.19. The van der Waals surface area contributed by atoms with Crippen LogP contribution in [0.15, 0.2) is 48.7 Å². The Labute approximate surface area is 145 Å². The standard InChI is InChI=1S/C20H19N3O2/c21-19(24)15-8-6-13(7-9-15)11-22-20(25)17-12-23-10-2-4-14-3-1-5-16(17)18(14)23/h1,3,5-9,12H,2,4,10-11H2,(H2,21,24)(H,22,25). The third-order valence-electron chi connectivity index (χ3n) is 4.76. The van der Waals surface area contributed by atoms with E-state index in [0.29, 0.717) is 17.7 Å². The number of aromatic nitrogens is 1. The highest BCUT2D eigenvalue weighted by atomic mass is 16.2. The molecule has 1 aliphatic rings. The van der Waals surface area contributed by atoms with Gasteiger partial charge in [-0.15, -0.1) is 0 Å². The van der Waals surface area contributed by atoms with Crippen molar-refractivity contribution >= 4 is 22.7 Å². The summed E-state index contributed by atoms with van der Waals surface area (Å²) >= 11 is 0. The Bertz CT molecular complexity index is 971. The average Bonchev–Trinajstić information content (AvgIpc) is 3.01. The number of para-hydroxylation sites is 1. The van der Waals surface area contributed by atoms with E-state index in [-0.39, 0.29) is 5.91 Å². The molecule has 0 unspecified atom stereocenters. The van der Waals surface area contributed by atoms with Crippen molar-refractivity contribution in [2.45, 2.75) is 25.9 Å². The molecule has 0 saturated heterocycles. The van der Waals surface area contributed by atoms with Gasteiger partial charge in [0.05, 0.1) is 11.1 Å². The molecule has 1 aromatic heterocycles. The number of carbonyl (C=O) groups excluding carboxylic acids is 2. The fraction of sp³-hybridized carbons (Fsp3) is 0.200. The van der Waals surface area contributed by atoms with Crippen molar-refractivity contribution in [3.05, 3.63) is 70.9 Å². The van der Waals surface area contributed by atoms with E-state index in [0.717, 1.165) is 30.3 Å². The lowest BCUT2D eigenvalue weighted by Crippen LogP contribution is -2.22. The van der Waals surface area contributed by atoms with Gasteiger partial charge in [-0.1, -0.05) is 30.3 Å². The summed E-state index contributed by atoms with van der Waals surface area (Å²) in [5.41, 5.74) is 9.83. The molecule has 0 atom stereocenters. The van der Waals surface area contributed by atoms with Gasteiger partial charge in [-0.2, -0.15) is 0 Å². The second-order valence-electron chi connectivity index (χ2n) is 6.40. The van der Waals surface area contributed by atoms with Crippen LogP contribution in [-0.4, -0.2) is 16.4 Å². The number of primary amides is 1. The van der Waals surface area contributed by atoms with Gasteiger partial charge in [0.15, 0.2) is 0 Å². The Morgan fingerprint density at radius 1 is 1.12 bits per heavy atom. The van der Waals surface area contributed by atoms with Crippen molar-refractivity contribution in [2.24, 2.45) is 5.73 Å². The van der Waals surface area contributed by atoms with Crippen molar-refractivity contribution in [1.82, 2.24) is 9.88 Å². The van der Waals surface area contributed by atoms with Gasteiger partial charge in [0.2, 0.25) is 5.91 Å². The molecule has 2 heterocycles. The van der Waals surface area contributed by atoms with Crippen LogP contribution in [0.4, 0.5) is 0 Å². The Morgan fingerprint density at radius 3 is 2.68 bits per heavy atom. The molecule has 2 aromatic carbocycles. The SMILES string of the molecule is NC(=O)c1ccc(CNC(=O)c2cn3c4c(cccc24)CCC3)cc1. The molecule has 0 radical (unpaired) electrons. The molecule has 1 aliphatic heterocycles. The molecule has 5 heteroatoms. The summed E-state index contributed by atoms with van der Waals surface area (Å²) in [6.07, 6.45) is 4.13. The quantitative estimate of drug-likeness (QED) is 0.770. The zero-order valence-electron chi connectivity index (χ0n) is 13.8. The van der Waals surface area contributed by atoms with Crippen molar-refractivity contribution < 1.29 is 9.59 Å². The molecule has 2 amide bonds. The largest absolute Gasteiger partial charge is 0.366 e. The predicted molar refractivity (Wildman–Crippen MR) is 96.4 cm³/mol. The van der Waals surface area contributed by atoms with Gasteiger partial charge in [0.25, 0.3) is 5.91 Å². The molecule has 25 heavy (non-hydrogen) atoms. The maximum atomic E-state index is 12.7. The van der Waals surface area contributed by atoms with Gasteiger partial charge in [-0.25, -0.2) is 0 Å². The van der Waals surface area contributed by atoms with E-state index in [1.165, 1.54) is 11.1 Å². The number of nitrogens with two attached hydrogens (primary N) is 1. The maximum absolute atomic E-state index is 12.7. The van der Waals surface area contributed by atoms with Gasteiger partial charge in [-0.05, 0) is 36.1 Å². The van der Waals surface area contributed by atoms with E-state index < -0.39 is 5.91 Å². The Hall–Kier alpha value is -3.08. The van der Waals surface area contributed by atoms with E-state index in [2.05, 4.69) is 16.0 Å². The molecule has 126 valence electrons. The molecule has 0 bridgehead atoms. The normalized spacial score (nSPS) is 13.0. The second-order valence-corrected chi connectivity index (χ2v) is 6.40. The van der Waals surface area contributed by atoms with E-state index in [1.807, 2.05) is 18.3 Å². The minimum atomic E-state index is -0.454. The van der Waals surface area contributed by atoms with Crippen LogP contribution in [0.25, 0.3) is 10.9 Å². The molecule has 3 N–H and O–H groups in total. The van der Waals surface area contributed by atoms with Crippen LogP contribution in [-0.2, 0) is 19.5 Å². The van der Waals surface area contributed by atoms with Crippen molar-refractivity contribution in [1.29, 1.82) is 0 Å². The van der Waals surface area contributed by atoms with Gasteiger partial charge in [0.1, 0.15) is 0 Å². The number of aryl methyl sites for hydroxylation is 2. The second kappa shape index (κ2) is 6.09. The van der Waals surface area contributed by atoms with E-state index in [4.69, 9.17) is 5.73 Å². The van der Waals surface area contributed by atoms with Crippen LogP contribution < -0.4 is 11.1 Å². The lowest BCUT2D eigenvalue weighted by molar-refractivity contribution is 0.0950. The van der Waals surface area contributed by atoms with Gasteiger partial charge < -0.3 is 15.6 Å². The fourth-order valence-electron chi connectivity index (χ4n) is 3.50. The van der Waals surface area contributed by atoms with Crippen molar-refractivity contribution in [3.63, 3.8) is 0 Å². The number of carbonyl (C=O) groups is 2. The van der Waals surface area contributed by atoms with Crippen LogP contribution in [0.5, 0.6) is 0 Å². The first kappa shape index (κ1) is 15.4. The highest BCUT2D eigenvalue weighted by molar-refractivity contribution is 6.07. The zero-order valence-corrected chi connectivity index (χ0v) is 13.8. The Balaban J connectivity index is 1.55. The monoisotopic (exact) mass is 333 g/mol. The van der Waals surface area contributed by atoms with Crippen LogP contribution in [0, 0.1) is 0 Å². The summed E-state index contributed by atoms with van der Waals surface area (Å²) in [7, 11) is 0. The molecule has 0 spiro atoms. The third kappa shape index (κ3) is 2.78. The molecule has 3 aromatic rings. The van der Waals surface area contributed by atoms with Gasteiger partial charge in [0, 0.05) is 30.2 Å². The first-order valence-electron chi connectivity index (χ1n) is 8.41. The number of amides is 2. The lowest BCUT2D eigenvalue weighted by atomic mass is 10.0. The predicted octanol–water partition coefficient (Wildman–Crippen LogP) is 2.62. The summed E-state index contributed by atoms with van der Waals surface area (Å²) in [4.78, 5) is 23.8. The molecule has 0 saturated carbocycles. The summed E-state index contributed by atoms with van der Waals surface area (Å²) in [6.45, 7) is 1.36. The van der Waals surface area contributed by atoms with Crippen molar-refractivity contribution in [2.75, 3.05) is 0 Å². The number of benzene rings is 2. The van der Waals surface area contributed by atoms with Crippen LogP contribution >= 0.6 is 0 Å². The molecule has 4 rings (SSSR count). The molecule has 5 nitrogen and oxygen atoms in total. The first-order chi connectivity index (χ1) is 12.1. The minimum Gasteiger partial charge on any atom is -0.366 e. The Kier molecular flexibility index (Phi) is 3.76. The number of nitrogens with one attached hydrogen (secondary N) is 1. The number of hydrogen-bond acceptors (Lipinski definition) is 2. The van der Waals surface area contributed by atoms with Crippen molar-refractivity contribution in [3.8, 4) is 0 Å². The number of hydrogen-bond donors (Lipinski definition) is 2.